The summed E-state index contributed by atoms with van der Waals surface area (Å²) in [6.45, 7) is 4.83. The maximum atomic E-state index is 12.0. The second-order valence-corrected chi connectivity index (χ2v) is 8.41. The Balaban J connectivity index is 3.24. The van der Waals surface area contributed by atoms with Crippen molar-refractivity contribution in [2.24, 2.45) is 5.73 Å². The lowest BCUT2D eigenvalue weighted by molar-refractivity contribution is -0.156. The van der Waals surface area contributed by atoms with Crippen molar-refractivity contribution in [2.75, 3.05) is 6.61 Å². The molecule has 0 radical (unpaired) electrons. The van der Waals surface area contributed by atoms with Crippen LogP contribution in [0, 0.1) is 0 Å². The first kappa shape index (κ1) is 28.3. The van der Waals surface area contributed by atoms with Crippen LogP contribution >= 0.6 is 0 Å². The number of hydrogen-bond acceptors (Lipinski definition) is 9. The average molecular weight is 484 g/mol. The molecule has 3 unspecified atom stereocenters. The second kappa shape index (κ2) is 11.9. The van der Waals surface area contributed by atoms with Crippen molar-refractivity contribution in [3.63, 3.8) is 0 Å². The van der Waals surface area contributed by atoms with E-state index < -0.39 is 66.2 Å². The quantitative estimate of drug-likeness (QED) is 0.245. The van der Waals surface area contributed by atoms with Crippen LogP contribution in [-0.4, -0.2) is 73.5 Å². The maximum absolute atomic E-state index is 12.0. The predicted octanol–water partition coefficient (Wildman–Crippen LogP) is 0.805. The van der Waals surface area contributed by atoms with Crippen molar-refractivity contribution in [1.82, 2.24) is 4.98 Å². The van der Waals surface area contributed by atoms with Gasteiger partial charge in [0.15, 0.2) is 0 Å². The molecule has 1 rings (SSSR count). The number of carboxylic acids is 4. The van der Waals surface area contributed by atoms with E-state index in [0.717, 1.165) is 12.1 Å². The van der Waals surface area contributed by atoms with E-state index in [9.17, 15) is 34.2 Å². The van der Waals surface area contributed by atoms with E-state index in [1.54, 1.807) is 20.8 Å². The van der Waals surface area contributed by atoms with Crippen LogP contribution in [0.4, 0.5) is 0 Å². The standard InChI is InChI=1S/C21H28N2O11/c1-21(2,3)34-20(32)13(22)4-5-33-10-6-14(11(18(28)29)8-16(24)25)23-15(7-10)12(19(30)31)9-17(26)27/h6-7,11-13H,4-5,8-9,22H2,1-3H3,(H,24,25)(H,26,27)(H,28,29)(H,30,31). The van der Waals surface area contributed by atoms with Crippen molar-refractivity contribution >= 4 is 29.8 Å². The van der Waals surface area contributed by atoms with E-state index in [0.29, 0.717) is 0 Å². The van der Waals surface area contributed by atoms with Crippen molar-refractivity contribution in [3.8, 4) is 5.75 Å². The summed E-state index contributed by atoms with van der Waals surface area (Å²) in [5.41, 5.74) is 4.38. The van der Waals surface area contributed by atoms with E-state index in [-0.39, 0.29) is 30.2 Å². The summed E-state index contributed by atoms with van der Waals surface area (Å²) in [4.78, 5) is 61.3. The molecule has 0 saturated heterocycles. The Bertz CT molecular complexity index is 887. The molecular weight excluding hydrogens is 456 g/mol. The zero-order chi connectivity index (χ0) is 26.2. The fraction of sp³-hybridized carbons (Fsp3) is 0.524. The van der Waals surface area contributed by atoms with Gasteiger partial charge < -0.3 is 35.6 Å². The Morgan fingerprint density at radius 3 is 1.71 bits per heavy atom. The Labute approximate surface area is 194 Å². The topological polar surface area (TPSA) is 224 Å². The lowest BCUT2D eigenvalue weighted by Crippen LogP contribution is -2.38. The Kier molecular flexibility index (Phi) is 9.93. The minimum absolute atomic E-state index is 0.0170. The molecule has 6 N–H and O–H groups in total. The van der Waals surface area contributed by atoms with E-state index in [1.807, 2.05) is 0 Å². The van der Waals surface area contributed by atoms with Gasteiger partial charge in [-0.1, -0.05) is 0 Å². The van der Waals surface area contributed by atoms with Crippen LogP contribution in [0.5, 0.6) is 5.75 Å². The van der Waals surface area contributed by atoms with Crippen LogP contribution in [0.3, 0.4) is 0 Å². The molecule has 0 amide bonds. The zero-order valence-electron chi connectivity index (χ0n) is 18.9. The molecule has 0 aliphatic rings. The largest absolute Gasteiger partial charge is 0.493 e. The first-order valence-corrected chi connectivity index (χ1v) is 10.1. The Morgan fingerprint density at radius 1 is 0.912 bits per heavy atom. The fourth-order valence-electron chi connectivity index (χ4n) is 2.77. The number of ether oxygens (including phenoxy) is 2. The van der Waals surface area contributed by atoms with Crippen LogP contribution in [0.15, 0.2) is 12.1 Å². The van der Waals surface area contributed by atoms with Crippen molar-refractivity contribution < 1.29 is 53.9 Å². The zero-order valence-corrected chi connectivity index (χ0v) is 18.9. The summed E-state index contributed by atoms with van der Waals surface area (Å²) in [7, 11) is 0. The third-order valence-corrected chi connectivity index (χ3v) is 4.31. The summed E-state index contributed by atoms with van der Waals surface area (Å²) in [5.74, 6) is -10.0. The normalized spacial score (nSPS) is 13.9. The highest BCUT2D eigenvalue weighted by Crippen LogP contribution is 2.28. The van der Waals surface area contributed by atoms with Gasteiger partial charge in [0.2, 0.25) is 0 Å². The summed E-state index contributed by atoms with van der Waals surface area (Å²) in [6, 6.07) is 1.19. The van der Waals surface area contributed by atoms with Gasteiger partial charge in [-0.15, -0.1) is 0 Å². The van der Waals surface area contributed by atoms with Gasteiger partial charge in [0, 0.05) is 18.6 Å². The van der Waals surface area contributed by atoms with E-state index in [1.165, 1.54) is 0 Å². The van der Waals surface area contributed by atoms with Crippen LogP contribution in [-0.2, 0) is 28.7 Å². The van der Waals surface area contributed by atoms with Gasteiger partial charge in [0.1, 0.15) is 29.2 Å². The average Bonchev–Trinajstić information content (AvgIpc) is 2.67. The van der Waals surface area contributed by atoms with Crippen LogP contribution < -0.4 is 10.5 Å². The lowest BCUT2D eigenvalue weighted by Gasteiger charge is -2.22. The van der Waals surface area contributed by atoms with E-state index in [4.69, 9.17) is 25.4 Å². The molecule has 0 aromatic carbocycles. The molecule has 13 nitrogen and oxygen atoms in total. The molecule has 34 heavy (non-hydrogen) atoms. The molecule has 0 saturated carbocycles. The monoisotopic (exact) mass is 484 g/mol. The SMILES string of the molecule is CC(C)(C)OC(=O)C(N)CCOc1cc(C(CC(=O)O)C(=O)O)nc(C(CC(=O)O)C(=O)O)c1. The van der Waals surface area contributed by atoms with Gasteiger partial charge >= 0.3 is 29.8 Å². The van der Waals surface area contributed by atoms with Gasteiger partial charge in [-0.2, -0.15) is 0 Å². The number of rotatable bonds is 13. The number of aliphatic carboxylic acids is 4. The molecule has 0 bridgehead atoms. The summed E-state index contributed by atoms with van der Waals surface area (Å²) >= 11 is 0. The van der Waals surface area contributed by atoms with E-state index >= 15 is 0 Å². The smallest absolute Gasteiger partial charge is 0.323 e. The highest BCUT2D eigenvalue weighted by Gasteiger charge is 2.30. The number of carbonyl (C=O) groups excluding carboxylic acids is 1. The molecule has 0 spiro atoms. The van der Waals surface area contributed by atoms with Crippen molar-refractivity contribution in [1.29, 1.82) is 0 Å². The fourth-order valence-corrected chi connectivity index (χ4v) is 2.77. The van der Waals surface area contributed by atoms with E-state index in [2.05, 4.69) is 4.98 Å². The number of hydrogen-bond donors (Lipinski definition) is 5. The Hall–Kier alpha value is -3.74. The third kappa shape index (κ3) is 9.40. The number of pyridine rings is 1. The van der Waals surface area contributed by atoms with Crippen molar-refractivity contribution in [2.45, 2.75) is 63.5 Å². The van der Waals surface area contributed by atoms with Crippen LogP contribution in [0.1, 0.15) is 63.3 Å². The molecule has 1 aromatic rings. The molecule has 0 fully saturated rings. The van der Waals surface area contributed by atoms with Gasteiger partial charge in [-0.05, 0) is 20.8 Å². The molecule has 0 aliphatic carbocycles. The summed E-state index contributed by atoms with van der Waals surface area (Å²) in [5, 5.41) is 36.9. The molecular formula is C21H28N2O11. The molecule has 188 valence electrons. The number of esters is 1. The first-order valence-electron chi connectivity index (χ1n) is 10.1. The highest BCUT2D eigenvalue weighted by atomic mass is 16.6. The number of nitrogens with zero attached hydrogens (tertiary/aromatic N) is 1. The number of carbonyl (C=O) groups is 5. The van der Waals surface area contributed by atoms with Gasteiger partial charge in [0.05, 0.1) is 30.8 Å². The Morgan fingerprint density at radius 2 is 1.35 bits per heavy atom. The summed E-state index contributed by atoms with van der Waals surface area (Å²) < 4.78 is 10.7. The molecule has 1 aromatic heterocycles. The highest BCUT2D eigenvalue weighted by molar-refractivity contribution is 5.83. The first-order chi connectivity index (χ1) is 15.6. The van der Waals surface area contributed by atoms with Crippen molar-refractivity contribution in [3.05, 3.63) is 23.5 Å². The molecule has 3 atom stereocenters. The van der Waals surface area contributed by atoms with Gasteiger partial charge in [-0.3, -0.25) is 29.0 Å². The van der Waals surface area contributed by atoms with Gasteiger partial charge in [-0.25, -0.2) is 0 Å². The third-order valence-electron chi connectivity index (χ3n) is 4.31. The predicted molar refractivity (Wildman–Crippen MR) is 113 cm³/mol. The second-order valence-electron chi connectivity index (χ2n) is 8.41. The lowest BCUT2D eigenvalue weighted by atomic mass is 9.96. The van der Waals surface area contributed by atoms with Crippen LogP contribution in [0.25, 0.3) is 0 Å². The molecule has 0 aliphatic heterocycles. The number of nitrogens with two attached hydrogens (primary N) is 1. The number of aromatic nitrogens is 1. The molecule has 13 heteroatoms. The maximum Gasteiger partial charge on any atom is 0.323 e. The minimum Gasteiger partial charge on any atom is -0.493 e. The van der Waals surface area contributed by atoms with Gasteiger partial charge in [0.25, 0.3) is 0 Å². The summed E-state index contributed by atoms with van der Waals surface area (Å²) in [6.07, 6.45) is -1.73. The number of carboxylic acid groups (broad SMARTS) is 4. The van der Waals surface area contributed by atoms with Crippen LogP contribution in [0.2, 0.25) is 0 Å². The molecule has 1 heterocycles. The minimum atomic E-state index is -1.65.